The van der Waals surface area contributed by atoms with Crippen LogP contribution in [0.2, 0.25) is 0 Å². The van der Waals surface area contributed by atoms with Crippen molar-refractivity contribution in [3.05, 3.63) is 65.2 Å². The van der Waals surface area contributed by atoms with Crippen molar-refractivity contribution in [2.75, 3.05) is 52.6 Å². The molecule has 0 saturated carbocycles. The molecule has 2 aromatic carbocycles. The van der Waals surface area contributed by atoms with E-state index < -0.39 is 35.2 Å². The van der Waals surface area contributed by atoms with Gasteiger partial charge in [-0.3, -0.25) is 19.2 Å². The number of amides is 2. The SMILES string of the molecule is O=C(C(=O)N1CCOCC1)[C@H]1Cc2cccc(OCc3ccccc3)c2C[C@H]1C(=O)C(=O)N1CCOCC1. The molecule has 2 saturated heterocycles. The summed E-state index contributed by atoms with van der Waals surface area (Å²) in [5.74, 6) is -3.74. The molecule has 1 aliphatic carbocycles. The number of ketones is 2. The zero-order valence-electron chi connectivity index (χ0n) is 21.3. The molecule has 2 atom stereocenters. The van der Waals surface area contributed by atoms with Gasteiger partial charge in [0.05, 0.1) is 26.4 Å². The van der Waals surface area contributed by atoms with E-state index in [2.05, 4.69) is 0 Å². The lowest BCUT2D eigenvalue weighted by atomic mass is 9.71. The van der Waals surface area contributed by atoms with Crippen LogP contribution in [0.25, 0.3) is 0 Å². The summed E-state index contributed by atoms with van der Waals surface area (Å²) in [5, 5.41) is 0. The van der Waals surface area contributed by atoms with Gasteiger partial charge in [-0.2, -0.15) is 0 Å². The Morgan fingerprint density at radius 1 is 0.711 bits per heavy atom. The van der Waals surface area contributed by atoms with Crippen molar-refractivity contribution in [3.63, 3.8) is 0 Å². The maximum absolute atomic E-state index is 13.6. The first-order chi connectivity index (χ1) is 18.5. The summed E-state index contributed by atoms with van der Waals surface area (Å²) in [7, 11) is 0. The van der Waals surface area contributed by atoms with Crippen molar-refractivity contribution < 1.29 is 33.4 Å². The smallest absolute Gasteiger partial charge is 0.290 e. The second-order valence-electron chi connectivity index (χ2n) is 9.83. The highest BCUT2D eigenvalue weighted by molar-refractivity contribution is 6.41. The van der Waals surface area contributed by atoms with Crippen LogP contribution in [0, 0.1) is 11.8 Å². The number of hydrogen-bond donors (Lipinski definition) is 0. The molecule has 38 heavy (non-hydrogen) atoms. The van der Waals surface area contributed by atoms with E-state index >= 15 is 0 Å². The number of Topliss-reactive ketones (excluding diaryl/α,β-unsaturated/α-hetero) is 2. The summed E-state index contributed by atoms with van der Waals surface area (Å²) < 4.78 is 16.8. The number of nitrogens with zero attached hydrogens (tertiary/aromatic N) is 2. The molecule has 2 aliphatic heterocycles. The maximum Gasteiger partial charge on any atom is 0.290 e. The highest BCUT2D eigenvalue weighted by atomic mass is 16.5. The Bertz CT molecular complexity index is 1190. The number of carbonyl (C=O) groups excluding carboxylic acids is 4. The third kappa shape index (κ3) is 5.63. The van der Waals surface area contributed by atoms with Crippen LogP contribution in [0.4, 0.5) is 0 Å². The Balaban J connectivity index is 1.42. The van der Waals surface area contributed by atoms with Gasteiger partial charge in [0.15, 0.2) is 0 Å². The zero-order valence-corrected chi connectivity index (χ0v) is 21.3. The number of benzene rings is 2. The Hall–Kier alpha value is -3.56. The molecule has 2 aromatic rings. The fraction of sp³-hybridized carbons (Fsp3) is 0.448. The lowest BCUT2D eigenvalue weighted by Gasteiger charge is -2.35. The largest absolute Gasteiger partial charge is 0.489 e. The summed E-state index contributed by atoms with van der Waals surface area (Å²) in [6.45, 7) is 3.12. The van der Waals surface area contributed by atoms with Crippen molar-refractivity contribution >= 4 is 23.4 Å². The molecule has 5 rings (SSSR count). The van der Waals surface area contributed by atoms with Crippen LogP contribution in [0.3, 0.4) is 0 Å². The van der Waals surface area contributed by atoms with Gasteiger partial charge in [0, 0.05) is 38.0 Å². The number of rotatable bonds is 7. The predicted octanol–water partition coefficient (Wildman–Crippen LogP) is 1.45. The fourth-order valence-electron chi connectivity index (χ4n) is 5.36. The summed E-state index contributed by atoms with van der Waals surface area (Å²) >= 11 is 0. The first-order valence-electron chi connectivity index (χ1n) is 13.1. The number of fused-ring (bicyclic) bond motifs is 1. The second kappa shape index (κ2) is 11.9. The van der Waals surface area contributed by atoms with Crippen molar-refractivity contribution in [2.24, 2.45) is 11.8 Å². The third-order valence-corrected chi connectivity index (χ3v) is 7.51. The molecule has 3 aliphatic rings. The first kappa shape index (κ1) is 26.1. The molecule has 0 unspecified atom stereocenters. The predicted molar refractivity (Wildman–Crippen MR) is 136 cm³/mol. The van der Waals surface area contributed by atoms with Gasteiger partial charge in [0.25, 0.3) is 11.8 Å². The van der Waals surface area contributed by atoms with Crippen molar-refractivity contribution in [3.8, 4) is 5.75 Å². The van der Waals surface area contributed by atoms with Crippen LogP contribution in [0.15, 0.2) is 48.5 Å². The molecular weight excluding hydrogens is 488 g/mol. The van der Waals surface area contributed by atoms with Gasteiger partial charge in [-0.15, -0.1) is 0 Å². The summed E-state index contributed by atoms with van der Waals surface area (Å²) in [4.78, 5) is 56.5. The van der Waals surface area contributed by atoms with E-state index in [1.807, 2.05) is 48.5 Å². The molecule has 0 spiro atoms. The van der Waals surface area contributed by atoms with Crippen LogP contribution >= 0.6 is 0 Å². The normalized spacial score (nSPS) is 21.4. The lowest BCUT2D eigenvalue weighted by molar-refractivity contribution is -0.154. The molecule has 2 heterocycles. The molecule has 0 bridgehead atoms. The fourth-order valence-corrected chi connectivity index (χ4v) is 5.36. The van der Waals surface area contributed by atoms with E-state index in [1.165, 1.54) is 9.80 Å². The van der Waals surface area contributed by atoms with Crippen LogP contribution in [0.5, 0.6) is 5.75 Å². The minimum absolute atomic E-state index is 0.155. The Labute approximate surface area is 221 Å². The van der Waals surface area contributed by atoms with Crippen molar-refractivity contribution in [1.82, 2.24) is 9.80 Å². The Morgan fingerprint density at radius 3 is 1.84 bits per heavy atom. The van der Waals surface area contributed by atoms with Gasteiger partial charge in [-0.25, -0.2) is 0 Å². The van der Waals surface area contributed by atoms with E-state index in [0.717, 1.165) is 16.7 Å². The van der Waals surface area contributed by atoms with Crippen LogP contribution in [0.1, 0.15) is 16.7 Å². The number of ether oxygens (including phenoxy) is 3. The van der Waals surface area contributed by atoms with E-state index in [9.17, 15) is 19.2 Å². The molecular formula is C29H32N2O7. The van der Waals surface area contributed by atoms with E-state index in [-0.39, 0.29) is 12.8 Å². The molecule has 0 radical (unpaired) electrons. The molecule has 2 amide bonds. The van der Waals surface area contributed by atoms with Crippen LogP contribution in [-0.2, 0) is 48.1 Å². The average molecular weight is 521 g/mol. The van der Waals surface area contributed by atoms with E-state index in [0.29, 0.717) is 65.0 Å². The monoisotopic (exact) mass is 520 g/mol. The maximum atomic E-state index is 13.6. The molecule has 2 fully saturated rings. The Morgan fingerprint density at radius 2 is 1.26 bits per heavy atom. The first-order valence-corrected chi connectivity index (χ1v) is 13.1. The number of hydrogen-bond acceptors (Lipinski definition) is 7. The highest BCUT2D eigenvalue weighted by Crippen LogP contribution is 2.37. The molecule has 9 heteroatoms. The third-order valence-electron chi connectivity index (χ3n) is 7.51. The summed E-state index contributed by atoms with van der Waals surface area (Å²) in [6.07, 6.45) is 0.349. The van der Waals surface area contributed by atoms with Gasteiger partial charge >= 0.3 is 0 Å². The van der Waals surface area contributed by atoms with Crippen molar-refractivity contribution in [2.45, 2.75) is 19.4 Å². The zero-order chi connectivity index (χ0) is 26.5. The lowest BCUT2D eigenvalue weighted by Crippen LogP contribution is -2.52. The van der Waals surface area contributed by atoms with Gasteiger partial charge in [0.1, 0.15) is 12.4 Å². The second-order valence-corrected chi connectivity index (χ2v) is 9.83. The van der Waals surface area contributed by atoms with Gasteiger partial charge < -0.3 is 24.0 Å². The Kier molecular flexibility index (Phi) is 8.14. The van der Waals surface area contributed by atoms with Gasteiger partial charge in [-0.05, 0) is 35.6 Å². The van der Waals surface area contributed by atoms with Gasteiger partial charge in [0.2, 0.25) is 11.6 Å². The number of carbonyl (C=O) groups is 4. The molecule has 200 valence electrons. The van der Waals surface area contributed by atoms with Crippen LogP contribution < -0.4 is 4.74 Å². The van der Waals surface area contributed by atoms with Gasteiger partial charge in [-0.1, -0.05) is 42.5 Å². The van der Waals surface area contributed by atoms with E-state index in [4.69, 9.17) is 14.2 Å². The minimum atomic E-state index is -0.947. The highest BCUT2D eigenvalue weighted by Gasteiger charge is 2.45. The summed E-state index contributed by atoms with van der Waals surface area (Å²) in [5.41, 5.74) is 2.66. The average Bonchev–Trinajstić information content (AvgIpc) is 2.99. The topological polar surface area (TPSA) is 102 Å². The van der Waals surface area contributed by atoms with E-state index in [1.54, 1.807) is 0 Å². The van der Waals surface area contributed by atoms with Crippen molar-refractivity contribution in [1.29, 1.82) is 0 Å². The van der Waals surface area contributed by atoms with Crippen LogP contribution in [-0.4, -0.2) is 85.8 Å². The quantitative estimate of drug-likeness (QED) is 0.509. The minimum Gasteiger partial charge on any atom is -0.489 e. The number of morpholine rings is 2. The molecule has 0 aromatic heterocycles. The standard InChI is InChI=1S/C29H32N2O7/c32-26(28(34)30-9-13-36-14-10-30)23-17-21-7-4-8-25(38-19-20-5-2-1-3-6-20)22(21)18-24(23)27(33)29(35)31-11-15-37-16-12-31/h1-8,23-24H,9-19H2/t23-,24+/m0/s1. The molecule has 9 nitrogen and oxygen atoms in total. The summed E-state index contributed by atoms with van der Waals surface area (Å²) in [6, 6.07) is 15.3. The molecule has 0 N–H and O–H groups in total.